The fourth-order valence-corrected chi connectivity index (χ4v) is 3.25. The molecule has 7 nitrogen and oxygen atoms in total. The molecule has 3 rings (SSSR count). The number of fused-ring (bicyclic) bond motifs is 1. The van der Waals surface area contributed by atoms with Gasteiger partial charge in [0.15, 0.2) is 17.5 Å². The number of halogens is 3. The molecule has 1 aliphatic heterocycles. The number of hydrogen-bond acceptors (Lipinski definition) is 5. The highest BCUT2D eigenvalue weighted by molar-refractivity contribution is 14.0. The van der Waals surface area contributed by atoms with Crippen LogP contribution in [0.2, 0.25) is 0 Å². The summed E-state index contributed by atoms with van der Waals surface area (Å²) >= 11 is 0. The Morgan fingerprint density at radius 1 is 1.12 bits per heavy atom. The molecule has 1 heterocycles. The predicted molar refractivity (Wildman–Crippen MR) is 130 cm³/mol. The fourth-order valence-electron chi connectivity index (χ4n) is 3.25. The Morgan fingerprint density at radius 3 is 2.44 bits per heavy atom. The number of rotatable bonds is 9. The van der Waals surface area contributed by atoms with Crippen molar-refractivity contribution in [2.75, 3.05) is 34.5 Å². The fraction of sp³-hybridized carbons (Fsp3) is 0.409. The van der Waals surface area contributed by atoms with Crippen molar-refractivity contribution in [2.24, 2.45) is 4.99 Å². The molecule has 0 fully saturated rings. The predicted octanol–water partition coefficient (Wildman–Crippen LogP) is 3.47. The minimum Gasteiger partial charge on any atom is -0.454 e. The molecule has 1 atom stereocenters. The molecule has 1 unspecified atom stereocenters. The summed E-state index contributed by atoms with van der Waals surface area (Å²) in [4.78, 5) is 6.39. The lowest BCUT2D eigenvalue weighted by Crippen LogP contribution is -2.45. The maximum Gasteiger partial charge on any atom is 0.387 e. The van der Waals surface area contributed by atoms with Gasteiger partial charge in [0.2, 0.25) is 6.79 Å². The molecule has 0 saturated heterocycles. The summed E-state index contributed by atoms with van der Waals surface area (Å²) in [5, 5.41) is 6.45. The summed E-state index contributed by atoms with van der Waals surface area (Å²) < 4.78 is 40.9. The molecule has 0 aromatic heterocycles. The van der Waals surface area contributed by atoms with Crippen LogP contribution in [0.1, 0.15) is 11.1 Å². The largest absolute Gasteiger partial charge is 0.454 e. The summed E-state index contributed by atoms with van der Waals surface area (Å²) in [6, 6.07) is 13.6. The van der Waals surface area contributed by atoms with Crippen LogP contribution < -0.4 is 24.8 Å². The average molecular weight is 562 g/mol. The molecule has 1 aliphatic rings. The summed E-state index contributed by atoms with van der Waals surface area (Å²) in [7, 11) is 5.73. The quantitative estimate of drug-likeness (QED) is 0.277. The second-order valence-corrected chi connectivity index (χ2v) is 7.31. The van der Waals surface area contributed by atoms with Crippen LogP contribution in [0.5, 0.6) is 17.2 Å². The zero-order chi connectivity index (χ0) is 22.2. The maximum atomic E-state index is 12.8. The Balaban J connectivity index is 0.00000363. The van der Waals surface area contributed by atoms with E-state index in [1.165, 1.54) is 11.6 Å². The van der Waals surface area contributed by atoms with Crippen molar-refractivity contribution in [3.05, 3.63) is 53.6 Å². The van der Waals surface area contributed by atoms with Crippen LogP contribution >= 0.6 is 24.0 Å². The first kappa shape index (κ1) is 25.9. The summed E-state index contributed by atoms with van der Waals surface area (Å²) in [5.41, 5.74) is 1.76. The number of aliphatic imine (C=N–C) groups is 1. The van der Waals surface area contributed by atoms with Crippen LogP contribution in [-0.4, -0.2) is 58.0 Å². The lowest BCUT2D eigenvalue weighted by Gasteiger charge is -2.26. The molecular formula is C22H29F2IN4O3. The van der Waals surface area contributed by atoms with Gasteiger partial charge in [-0.3, -0.25) is 4.99 Å². The monoisotopic (exact) mass is 562 g/mol. The van der Waals surface area contributed by atoms with Crippen LogP contribution in [0.4, 0.5) is 8.78 Å². The number of ether oxygens (including phenoxy) is 3. The molecule has 2 N–H and O–H groups in total. The average Bonchev–Trinajstić information content (AvgIpc) is 3.20. The molecule has 0 spiro atoms. The van der Waals surface area contributed by atoms with Crippen molar-refractivity contribution < 1.29 is 23.0 Å². The number of guanidine groups is 1. The normalized spacial score (nSPS) is 13.7. The zero-order valence-electron chi connectivity index (χ0n) is 18.3. The standard InChI is InChI=1S/C22H28F2N4O3.HI/c1-25-22(27-13-17(28(2)3)9-15-7-5-4-6-8-15)26-12-16-10-19-20(30-14-29-19)11-18(16)31-21(23)24;/h4-8,10-11,17,21H,9,12-14H2,1-3H3,(H2,25,26,27);1H. The highest BCUT2D eigenvalue weighted by Gasteiger charge is 2.20. The van der Waals surface area contributed by atoms with Crippen LogP contribution in [0.3, 0.4) is 0 Å². The second-order valence-electron chi connectivity index (χ2n) is 7.31. The van der Waals surface area contributed by atoms with Gasteiger partial charge in [0.1, 0.15) is 5.75 Å². The highest BCUT2D eigenvalue weighted by Crippen LogP contribution is 2.38. The minimum atomic E-state index is -2.93. The molecule has 2 aromatic rings. The molecule has 0 bridgehead atoms. The SMILES string of the molecule is CN=C(NCc1cc2c(cc1OC(F)F)OCO2)NCC(Cc1ccccc1)N(C)C.I. The molecule has 0 aliphatic carbocycles. The van der Waals surface area contributed by atoms with Gasteiger partial charge in [-0.15, -0.1) is 24.0 Å². The van der Waals surface area contributed by atoms with E-state index in [0.717, 1.165) is 6.42 Å². The van der Waals surface area contributed by atoms with E-state index < -0.39 is 6.61 Å². The number of nitrogens with one attached hydrogen (secondary N) is 2. The van der Waals surface area contributed by atoms with Gasteiger partial charge in [0, 0.05) is 37.8 Å². The third kappa shape index (κ3) is 7.37. The van der Waals surface area contributed by atoms with Gasteiger partial charge >= 0.3 is 6.61 Å². The summed E-state index contributed by atoms with van der Waals surface area (Å²) in [6.45, 7) is -2.00. The third-order valence-corrected chi connectivity index (χ3v) is 4.99. The van der Waals surface area contributed by atoms with Crippen LogP contribution in [0.15, 0.2) is 47.5 Å². The number of likely N-dealkylation sites (N-methyl/N-ethyl adjacent to an activating group) is 1. The van der Waals surface area contributed by atoms with E-state index in [1.54, 1.807) is 13.1 Å². The van der Waals surface area contributed by atoms with Gasteiger partial charge in [-0.05, 0) is 32.1 Å². The Morgan fingerprint density at radius 2 is 1.81 bits per heavy atom. The van der Waals surface area contributed by atoms with Gasteiger partial charge in [-0.1, -0.05) is 30.3 Å². The number of alkyl halides is 2. The van der Waals surface area contributed by atoms with Crippen LogP contribution in [0, 0.1) is 0 Å². The van der Waals surface area contributed by atoms with Crippen LogP contribution in [-0.2, 0) is 13.0 Å². The lowest BCUT2D eigenvalue weighted by molar-refractivity contribution is -0.0505. The van der Waals surface area contributed by atoms with Gasteiger partial charge in [0.25, 0.3) is 0 Å². The van der Waals surface area contributed by atoms with Crippen molar-refractivity contribution in [1.29, 1.82) is 0 Å². The van der Waals surface area contributed by atoms with Gasteiger partial charge in [-0.2, -0.15) is 8.78 Å². The lowest BCUT2D eigenvalue weighted by atomic mass is 10.1. The van der Waals surface area contributed by atoms with Crippen molar-refractivity contribution in [3.8, 4) is 17.2 Å². The molecule has 0 amide bonds. The Labute approximate surface area is 204 Å². The van der Waals surface area contributed by atoms with Crippen molar-refractivity contribution >= 4 is 29.9 Å². The summed E-state index contributed by atoms with van der Waals surface area (Å²) in [5.74, 6) is 1.48. The van der Waals surface area contributed by atoms with Crippen LogP contribution in [0.25, 0.3) is 0 Å². The van der Waals surface area contributed by atoms with Gasteiger partial charge < -0.3 is 29.7 Å². The topological polar surface area (TPSA) is 67.4 Å². The molecule has 0 saturated carbocycles. The van der Waals surface area contributed by atoms with E-state index in [1.807, 2.05) is 32.3 Å². The van der Waals surface area contributed by atoms with E-state index in [2.05, 4.69) is 37.4 Å². The first-order valence-corrected chi connectivity index (χ1v) is 9.98. The van der Waals surface area contributed by atoms with E-state index in [4.69, 9.17) is 9.47 Å². The van der Waals surface area contributed by atoms with E-state index in [-0.39, 0.29) is 49.1 Å². The van der Waals surface area contributed by atoms with Crippen molar-refractivity contribution in [1.82, 2.24) is 15.5 Å². The van der Waals surface area contributed by atoms with Crippen molar-refractivity contribution in [3.63, 3.8) is 0 Å². The number of hydrogen-bond donors (Lipinski definition) is 2. The highest BCUT2D eigenvalue weighted by atomic mass is 127. The third-order valence-electron chi connectivity index (χ3n) is 4.99. The summed E-state index contributed by atoms with van der Waals surface area (Å²) in [6.07, 6.45) is 0.881. The Bertz CT molecular complexity index is 885. The molecule has 2 aromatic carbocycles. The Hall–Kier alpha value is -2.34. The first-order chi connectivity index (χ1) is 15.0. The Kier molecular flexibility index (Phi) is 10.2. The molecule has 10 heteroatoms. The minimum absolute atomic E-state index is 0. The molecule has 176 valence electrons. The second kappa shape index (κ2) is 12.6. The van der Waals surface area contributed by atoms with E-state index >= 15 is 0 Å². The smallest absolute Gasteiger partial charge is 0.387 e. The van der Waals surface area contributed by atoms with E-state index in [9.17, 15) is 8.78 Å². The number of benzene rings is 2. The molecule has 32 heavy (non-hydrogen) atoms. The van der Waals surface area contributed by atoms with Gasteiger partial charge in [0.05, 0.1) is 0 Å². The number of nitrogens with zero attached hydrogens (tertiary/aromatic N) is 2. The molecule has 0 radical (unpaired) electrons. The van der Waals surface area contributed by atoms with Crippen molar-refractivity contribution in [2.45, 2.75) is 25.6 Å². The maximum absolute atomic E-state index is 12.8. The molecular weight excluding hydrogens is 533 g/mol. The zero-order valence-corrected chi connectivity index (χ0v) is 20.6. The van der Waals surface area contributed by atoms with Gasteiger partial charge in [-0.25, -0.2) is 0 Å². The first-order valence-electron chi connectivity index (χ1n) is 9.98. The van der Waals surface area contributed by atoms with E-state index in [0.29, 0.717) is 29.6 Å².